The Balaban J connectivity index is 1.67. The summed E-state index contributed by atoms with van der Waals surface area (Å²) in [5, 5.41) is 13.9. The van der Waals surface area contributed by atoms with Gasteiger partial charge in [-0.1, -0.05) is 0 Å². The van der Waals surface area contributed by atoms with E-state index in [-0.39, 0.29) is 5.91 Å². The van der Waals surface area contributed by atoms with Gasteiger partial charge >= 0.3 is 0 Å². The molecule has 0 aromatic carbocycles. The standard InChI is InChI=1S/C20H21N5O3/c1-12-6-16(14-7-15(28-3)9-21-8-14)22-17-11-25(20(27)19(12)17)18-4-5-24(23-18)10-13(2)26/h4-9,13,26H,10-11H2,1-3H3. The van der Waals surface area contributed by atoms with Gasteiger partial charge in [0.1, 0.15) is 5.75 Å². The lowest BCUT2D eigenvalue weighted by Crippen LogP contribution is -2.24. The zero-order valence-corrected chi connectivity index (χ0v) is 16.0. The number of nitrogens with zero attached hydrogens (tertiary/aromatic N) is 5. The first-order valence-corrected chi connectivity index (χ1v) is 8.99. The SMILES string of the molecule is COc1cncc(-c2cc(C)c3c(n2)CN(c2ccn(CC(C)O)n2)C3=O)c1. The van der Waals surface area contributed by atoms with E-state index in [0.29, 0.717) is 35.9 Å². The molecule has 0 radical (unpaired) electrons. The minimum atomic E-state index is -0.512. The van der Waals surface area contributed by atoms with E-state index in [1.165, 1.54) is 0 Å². The van der Waals surface area contributed by atoms with Crippen LogP contribution in [0, 0.1) is 6.92 Å². The number of fused-ring (bicyclic) bond motifs is 1. The van der Waals surface area contributed by atoms with Crippen LogP contribution >= 0.6 is 0 Å². The van der Waals surface area contributed by atoms with Crippen molar-refractivity contribution >= 4 is 11.7 Å². The van der Waals surface area contributed by atoms with E-state index in [1.807, 2.05) is 19.1 Å². The van der Waals surface area contributed by atoms with Crippen molar-refractivity contribution in [2.45, 2.75) is 33.0 Å². The molecule has 1 atom stereocenters. The fourth-order valence-electron chi connectivity index (χ4n) is 3.37. The number of amides is 1. The molecular weight excluding hydrogens is 358 g/mol. The normalized spacial score (nSPS) is 14.3. The number of aliphatic hydroxyl groups excluding tert-OH is 1. The molecule has 0 fully saturated rings. The average molecular weight is 379 g/mol. The minimum absolute atomic E-state index is 0.113. The van der Waals surface area contributed by atoms with Crippen LogP contribution in [0.3, 0.4) is 0 Å². The largest absolute Gasteiger partial charge is 0.495 e. The van der Waals surface area contributed by atoms with E-state index in [2.05, 4.69) is 10.1 Å². The highest BCUT2D eigenvalue weighted by Crippen LogP contribution is 2.31. The number of carbonyl (C=O) groups is 1. The van der Waals surface area contributed by atoms with Gasteiger partial charge in [-0.25, -0.2) is 0 Å². The van der Waals surface area contributed by atoms with Gasteiger partial charge in [-0.3, -0.25) is 24.3 Å². The second kappa shape index (κ2) is 7.05. The zero-order valence-electron chi connectivity index (χ0n) is 16.0. The van der Waals surface area contributed by atoms with Gasteiger partial charge in [0, 0.05) is 24.0 Å². The predicted molar refractivity (Wildman–Crippen MR) is 103 cm³/mol. The maximum Gasteiger partial charge on any atom is 0.262 e. The number of carbonyl (C=O) groups excluding carboxylic acids is 1. The van der Waals surface area contributed by atoms with Crippen molar-refractivity contribution in [1.29, 1.82) is 0 Å². The van der Waals surface area contributed by atoms with Gasteiger partial charge < -0.3 is 9.84 Å². The van der Waals surface area contributed by atoms with E-state index in [4.69, 9.17) is 9.72 Å². The highest BCUT2D eigenvalue weighted by Gasteiger charge is 2.33. The van der Waals surface area contributed by atoms with Gasteiger partial charge in [-0.15, -0.1) is 0 Å². The summed E-state index contributed by atoms with van der Waals surface area (Å²) in [5.41, 5.74) is 3.77. The highest BCUT2D eigenvalue weighted by atomic mass is 16.5. The van der Waals surface area contributed by atoms with Crippen molar-refractivity contribution in [3.05, 3.63) is 53.6 Å². The molecule has 1 aliphatic rings. The van der Waals surface area contributed by atoms with E-state index in [1.54, 1.807) is 48.3 Å². The number of hydrogen-bond donors (Lipinski definition) is 1. The molecule has 0 spiro atoms. The summed E-state index contributed by atoms with van der Waals surface area (Å²) in [6, 6.07) is 5.53. The molecule has 0 saturated heterocycles. The molecule has 1 amide bonds. The van der Waals surface area contributed by atoms with Gasteiger partial charge in [0.25, 0.3) is 5.91 Å². The van der Waals surface area contributed by atoms with Crippen molar-refractivity contribution < 1.29 is 14.6 Å². The molecular formula is C20H21N5O3. The molecule has 28 heavy (non-hydrogen) atoms. The molecule has 1 N–H and O–H groups in total. The number of pyridine rings is 2. The third kappa shape index (κ3) is 3.22. The van der Waals surface area contributed by atoms with Crippen LogP contribution in [0.15, 0.2) is 36.8 Å². The predicted octanol–water partition coefficient (Wildman–Crippen LogP) is 2.20. The third-order valence-corrected chi connectivity index (χ3v) is 4.66. The second-order valence-electron chi connectivity index (χ2n) is 6.90. The van der Waals surface area contributed by atoms with Crippen LogP contribution in [0.25, 0.3) is 11.3 Å². The number of hydrogen-bond acceptors (Lipinski definition) is 6. The fraction of sp³-hybridized carbons (Fsp3) is 0.300. The second-order valence-corrected chi connectivity index (χ2v) is 6.90. The lowest BCUT2D eigenvalue weighted by molar-refractivity contribution is 0.0995. The van der Waals surface area contributed by atoms with Crippen LogP contribution in [0.2, 0.25) is 0 Å². The molecule has 3 aromatic heterocycles. The summed E-state index contributed by atoms with van der Waals surface area (Å²) in [6.07, 6.45) is 4.61. The highest BCUT2D eigenvalue weighted by molar-refractivity contribution is 6.10. The van der Waals surface area contributed by atoms with Crippen LogP contribution in [-0.4, -0.2) is 44.0 Å². The average Bonchev–Trinajstić information content (AvgIpc) is 3.25. The molecule has 0 bridgehead atoms. The maximum atomic E-state index is 13.0. The van der Waals surface area contributed by atoms with Crippen LogP contribution in [0.5, 0.6) is 5.75 Å². The summed E-state index contributed by atoms with van der Waals surface area (Å²) < 4.78 is 6.87. The molecule has 4 heterocycles. The Bertz CT molecular complexity index is 1040. The first kappa shape index (κ1) is 18.1. The molecule has 3 aromatic rings. The maximum absolute atomic E-state index is 13.0. The first-order valence-electron chi connectivity index (χ1n) is 8.99. The lowest BCUT2D eigenvalue weighted by atomic mass is 10.1. The zero-order chi connectivity index (χ0) is 19.8. The monoisotopic (exact) mass is 379 g/mol. The Morgan fingerprint density at radius 2 is 2.14 bits per heavy atom. The van der Waals surface area contributed by atoms with Crippen LogP contribution < -0.4 is 9.64 Å². The fourth-order valence-corrected chi connectivity index (χ4v) is 3.37. The number of aliphatic hydroxyl groups is 1. The lowest BCUT2D eigenvalue weighted by Gasteiger charge is -2.11. The molecule has 4 rings (SSSR count). The Labute approximate surface area is 162 Å². The van der Waals surface area contributed by atoms with Crippen LogP contribution in [0.1, 0.15) is 28.5 Å². The summed E-state index contributed by atoms with van der Waals surface area (Å²) in [6.45, 7) is 4.33. The van der Waals surface area contributed by atoms with Crippen molar-refractivity contribution in [2.24, 2.45) is 0 Å². The quantitative estimate of drug-likeness (QED) is 0.730. The Hall–Kier alpha value is -3.26. The number of rotatable bonds is 5. The van der Waals surface area contributed by atoms with Crippen molar-refractivity contribution in [3.8, 4) is 17.0 Å². The third-order valence-electron chi connectivity index (χ3n) is 4.66. The first-order chi connectivity index (χ1) is 13.5. The van der Waals surface area contributed by atoms with Gasteiger partial charge in [0.2, 0.25) is 0 Å². The van der Waals surface area contributed by atoms with Crippen molar-refractivity contribution in [2.75, 3.05) is 12.0 Å². The van der Waals surface area contributed by atoms with Crippen molar-refractivity contribution in [1.82, 2.24) is 19.7 Å². The van der Waals surface area contributed by atoms with Crippen LogP contribution in [0.4, 0.5) is 5.82 Å². The van der Waals surface area contributed by atoms with Gasteiger partial charge in [0.15, 0.2) is 5.82 Å². The Kier molecular flexibility index (Phi) is 4.56. The topological polar surface area (TPSA) is 93.4 Å². The Morgan fingerprint density at radius 3 is 2.89 bits per heavy atom. The summed E-state index contributed by atoms with van der Waals surface area (Å²) in [7, 11) is 1.59. The van der Waals surface area contributed by atoms with Gasteiger partial charge in [0.05, 0.1) is 49.5 Å². The summed E-state index contributed by atoms with van der Waals surface area (Å²) >= 11 is 0. The molecule has 0 saturated carbocycles. The molecule has 8 nitrogen and oxygen atoms in total. The smallest absolute Gasteiger partial charge is 0.262 e. The number of methoxy groups -OCH3 is 1. The molecule has 8 heteroatoms. The van der Waals surface area contributed by atoms with E-state index in [9.17, 15) is 9.90 Å². The van der Waals surface area contributed by atoms with Gasteiger partial charge in [-0.2, -0.15) is 5.10 Å². The Morgan fingerprint density at radius 1 is 1.32 bits per heavy atom. The number of aryl methyl sites for hydroxylation is 1. The number of aromatic nitrogens is 4. The number of anilines is 1. The molecule has 1 unspecified atom stereocenters. The minimum Gasteiger partial charge on any atom is -0.495 e. The molecule has 144 valence electrons. The van der Waals surface area contributed by atoms with Crippen molar-refractivity contribution in [3.63, 3.8) is 0 Å². The number of ether oxygens (including phenoxy) is 1. The van der Waals surface area contributed by atoms with Crippen LogP contribution in [-0.2, 0) is 13.1 Å². The molecule has 1 aliphatic heterocycles. The van der Waals surface area contributed by atoms with Gasteiger partial charge in [-0.05, 0) is 31.5 Å². The van der Waals surface area contributed by atoms with E-state index in [0.717, 1.165) is 16.8 Å². The van der Waals surface area contributed by atoms with E-state index >= 15 is 0 Å². The summed E-state index contributed by atoms with van der Waals surface area (Å²) in [5.74, 6) is 1.09. The van der Waals surface area contributed by atoms with E-state index < -0.39 is 6.10 Å². The summed E-state index contributed by atoms with van der Waals surface area (Å²) in [4.78, 5) is 23.5. The molecule has 0 aliphatic carbocycles.